The third kappa shape index (κ3) is 10.3. The first kappa shape index (κ1) is 48.3. The summed E-state index contributed by atoms with van der Waals surface area (Å²) in [6, 6.07) is 15.6. The molecule has 0 bridgehead atoms. The van der Waals surface area contributed by atoms with Crippen molar-refractivity contribution >= 4 is 86.2 Å². The fraction of sp³-hybridized carbons (Fsp3) is 0.391. The molecule has 0 saturated carbocycles. The predicted molar refractivity (Wildman–Crippen MR) is 238 cm³/mol. The number of piperidine rings is 4. The number of hydrogen-bond donors (Lipinski definition) is 1. The number of carbonyl (C=O) groups is 2. The molecule has 1 N–H and O–H groups in total. The summed E-state index contributed by atoms with van der Waals surface area (Å²) in [6.45, 7) is 2.80. The highest BCUT2D eigenvalue weighted by atomic mass is 35.5. The highest BCUT2D eigenvalue weighted by Gasteiger charge is 2.47. The minimum absolute atomic E-state index is 0.00304. The van der Waals surface area contributed by atoms with Gasteiger partial charge in [0.15, 0.2) is 11.2 Å². The third-order valence-corrected chi connectivity index (χ3v) is 13.5. The van der Waals surface area contributed by atoms with Crippen LogP contribution in [0.5, 0.6) is 0 Å². The molecule has 10 nitrogen and oxygen atoms in total. The number of halogens is 11. The number of rotatable bonds is 3. The molecular formula is C46H41Cl3F8N6O4. The molecule has 4 fully saturated rings. The van der Waals surface area contributed by atoms with Crippen molar-refractivity contribution in [3.05, 3.63) is 111 Å². The molecule has 0 unspecified atom stereocenters. The number of carbonyl (C=O) groups excluding carboxylic acids is 2. The SMILES string of the molecule is FC(F)(F)c1ccc2nc(Cl)oc2c1.O=C1CCCC2(CCN(c3nc4ccc(C(F)(F)F)cc4o3)CC2)N1c1ccc(Cl)c(F)c1.O=C1CCCC2(CCNCC2)N1c1ccc(Cl)c(F)c1. The number of aromatic nitrogens is 2. The molecule has 6 heterocycles. The normalized spacial score (nSPS) is 18.6. The maximum atomic E-state index is 14.1. The second kappa shape index (κ2) is 19.1. The van der Waals surface area contributed by atoms with Crippen LogP contribution in [-0.2, 0) is 21.9 Å². The van der Waals surface area contributed by atoms with Crippen LogP contribution >= 0.6 is 34.8 Å². The van der Waals surface area contributed by atoms with E-state index in [1.54, 1.807) is 17.0 Å². The van der Waals surface area contributed by atoms with Crippen LogP contribution < -0.4 is 20.0 Å². The number of nitrogens with one attached hydrogen (secondary N) is 1. The molecule has 4 aliphatic heterocycles. The van der Waals surface area contributed by atoms with Gasteiger partial charge in [-0.3, -0.25) is 9.59 Å². The molecule has 0 atom stereocenters. The van der Waals surface area contributed by atoms with E-state index in [-0.39, 0.29) is 49.9 Å². The van der Waals surface area contributed by atoms with Gasteiger partial charge in [-0.1, -0.05) is 23.2 Å². The zero-order valence-electron chi connectivity index (χ0n) is 35.4. The zero-order chi connectivity index (χ0) is 47.9. The van der Waals surface area contributed by atoms with Gasteiger partial charge in [0.2, 0.25) is 11.8 Å². The lowest BCUT2D eigenvalue weighted by Crippen LogP contribution is -2.60. The Balaban J connectivity index is 0.000000151. The van der Waals surface area contributed by atoms with Gasteiger partial charge in [-0.25, -0.2) is 8.78 Å². The largest absolute Gasteiger partial charge is 0.428 e. The summed E-state index contributed by atoms with van der Waals surface area (Å²) >= 11 is 17.0. The molecular weight excluding hydrogens is 959 g/mol. The molecule has 2 amide bonds. The van der Waals surface area contributed by atoms with Crippen LogP contribution in [-0.4, -0.2) is 59.0 Å². The monoisotopic (exact) mass is 998 g/mol. The Morgan fingerprint density at radius 2 is 1.04 bits per heavy atom. The number of anilines is 3. The van der Waals surface area contributed by atoms with Crippen LogP contribution in [0.3, 0.4) is 0 Å². The Morgan fingerprint density at radius 3 is 1.52 bits per heavy atom. The lowest BCUT2D eigenvalue weighted by molar-refractivity contribution is -0.138. The van der Waals surface area contributed by atoms with Crippen LogP contribution in [0.15, 0.2) is 81.6 Å². The van der Waals surface area contributed by atoms with Crippen LogP contribution in [0.4, 0.5) is 52.5 Å². The summed E-state index contributed by atoms with van der Waals surface area (Å²) < 4.78 is 114. The Hall–Kier alpha value is -5.17. The Labute approximate surface area is 393 Å². The minimum Gasteiger partial charge on any atom is -0.428 e. The fourth-order valence-electron chi connectivity index (χ4n) is 9.45. The van der Waals surface area contributed by atoms with E-state index < -0.39 is 40.7 Å². The van der Waals surface area contributed by atoms with E-state index in [1.807, 2.05) is 9.80 Å². The number of benzene rings is 4. The topological polar surface area (TPSA) is 108 Å². The highest BCUT2D eigenvalue weighted by Crippen LogP contribution is 2.44. The molecule has 10 rings (SSSR count). The molecule has 6 aromatic rings. The number of hydrogen-bond acceptors (Lipinski definition) is 8. The summed E-state index contributed by atoms with van der Waals surface area (Å²) in [6.07, 6.45) is -1.45. The van der Waals surface area contributed by atoms with Crippen molar-refractivity contribution in [3.63, 3.8) is 0 Å². The molecule has 4 aliphatic rings. The van der Waals surface area contributed by atoms with Gasteiger partial charge in [0.1, 0.15) is 22.7 Å². The Bertz CT molecular complexity index is 2780. The van der Waals surface area contributed by atoms with E-state index in [0.717, 1.165) is 75.9 Å². The van der Waals surface area contributed by atoms with E-state index in [9.17, 15) is 44.7 Å². The molecule has 67 heavy (non-hydrogen) atoms. The maximum Gasteiger partial charge on any atom is 0.416 e. The van der Waals surface area contributed by atoms with Crippen LogP contribution in [0.1, 0.15) is 75.3 Å². The van der Waals surface area contributed by atoms with Crippen molar-refractivity contribution in [2.45, 2.75) is 87.6 Å². The zero-order valence-corrected chi connectivity index (χ0v) is 37.6. The van der Waals surface area contributed by atoms with Crippen molar-refractivity contribution in [1.82, 2.24) is 15.3 Å². The average molecular weight is 1000 g/mol. The van der Waals surface area contributed by atoms with Gasteiger partial charge in [-0.05, 0) is 149 Å². The second-order valence-corrected chi connectivity index (χ2v) is 18.0. The smallest absolute Gasteiger partial charge is 0.416 e. The quantitative estimate of drug-likeness (QED) is 0.175. The van der Waals surface area contributed by atoms with Gasteiger partial charge in [-0.15, -0.1) is 0 Å². The number of oxazole rings is 2. The summed E-state index contributed by atoms with van der Waals surface area (Å²) in [7, 11) is 0. The van der Waals surface area contributed by atoms with Gasteiger partial charge in [-0.2, -0.15) is 36.3 Å². The van der Waals surface area contributed by atoms with Crippen molar-refractivity contribution in [1.29, 1.82) is 0 Å². The average Bonchev–Trinajstić information content (AvgIpc) is 3.89. The van der Waals surface area contributed by atoms with Gasteiger partial charge in [0.05, 0.1) is 32.3 Å². The molecule has 4 aromatic carbocycles. The Morgan fingerprint density at radius 1 is 0.582 bits per heavy atom. The first-order valence-corrected chi connectivity index (χ1v) is 22.5. The lowest BCUT2D eigenvalue weighted by atomic mass is 9.78. The van der Waals surface area contributed by atoms with E-state index in [2.05, 4.69) is 15.3 Å². The number of amides is 2. The van der Waals surface area contributed by atoms with Crippen LogP contribution in [0.25, 0.3) is 22.2 Å². The lowest BCUT2D eigenvalue weighted by Gasteiger charge is -2.51. The summed E-state index contributed by atoms with van der Waals surface area (Å²) in [5.41, 5.74) is -0.305. The van der Waals surface area contributed by atoms with Crippen molar-refractivity contribution < 1.29 is 53.5 Å². The third-order valence-electron chi connectivity index (χ3n) is 12.7. The standard InChI is InChI=1S/C23H20ClF4N3O2.C15H18ClFN2O.C8H3ClF3NO/c24-16-5-4-15(13-17(16)25)31-20(32)2-1-7-22(31)8-10-30(11-9-22)21-29-18-6-3-14(23(26,27)28)12-19(18)33-21;16-12-4-3-11(10-13(12)17)19-14(20)2-1-5-15(19)6-8-18-9-7-15;9-7-13-5-2-1-4(8(10,11)12)3-6(5)14-7/h3-6,12-13H,1-2,7-11H2;3-4,10,18H,1-2,5-9H2;1-3H. The van der Waals surface area contributed by atoms with Gasteiger partial charge in [0.25, 0.3) is 11.4 Å². The first-order valence-electron chi connectivity index (χ1n) is 21.4. The van der Waals surface area contributed by atoms with E-state index in [1.165, 1.54) is 36.4 Å². The van der Waals surface area contributed by atoms with Crippen molar-refractivity contribution in [2.24, 2.45) is 0 Å². The highest BCUT2D eigenvalue weighted by molar-refractivity contribution is 6.31. The molecule has 21 heteroatoms. The van der Waals surface area contributed by atoms with Crippen LogP contribution in [0, 0.1) is 11.6 Å². The predicted octanol–water partition coefficient (Wildman–Crippen LogP) is 12.8. The first-order chi connectivity index (χ1) is 31.7. The van der Waals surface area contributed by atoms with Crippen molar-refractivity contribution in [3.8, 4) is 0 Å². The van der Waals surface area contributed by atoms with E-state index in [4.69, 9.17) is 43.6 Å². The molecule has 0 radical (unpaired) electrons. The van der Waals surface area contributed by atoms with Gasteiger partial charge < -0.3 is 28.9 Å². The molecule has 2 aromatic heterocycles. The van der Waals surface area contributed by atoms with Crippen LogP contribution in [0.2, 0.25) is 15.4 Å². The number of nitrogens with zero attached hydrogens (tertiary/aromatic N) is 5. The Kier molecular flexibility index (Phi) is 13.8. The summed E-state index contributed by atoms with van der Waals surface area (Å²) in [5, 5.41) is 3.26. The second-order valence-electron chi connectivity index (χ2n) is 16.9. The molecule has 2 spiro atoms. The van der Waals surface area contributed by atoms with E-state index >= 15 is 0 Å². The number of fused-ring (bicyclic) bond motifs is 2. The number of alkyl halides is 6. The minimum atomic E-state index is -4.46. The maximum absolute atomic E-state index is 14.1. The molecule has 4 saturated heterocycles. The summed E-state index contributed by atoms with van der Waals surface area (Å²) in [5.74, 6) is -1.01. The molecule has 356 valence electrons. The van der Waals surface area contributed by atoms with Gasteiger partial charge >= 0.3 is 12.4 Å². The van der Waals surface area contributed by atoms with E-state index in [0.29, 0.717) is 61.2 Å². The summed E-state index contributed by atoms with van der Waals surface area (Å²) in [4.78, 5) is 38.7. The molecule has 0 aliphatic carbocycles. The van der Waals surface area contributed by atoms with Gasteiger partial charge in [0, 0.05) is 37.3 Å². The van der Waals surface area contributed by atoms with Crippen molar-refractivity contribution in [2.75, 3.05) is 40.9 Å². The fourth-order valence-corrected chi connectivity index (χ4v) is 9.86.